The van der Waals surface area contributed by atoms with E-state index in [2.05, 4.69) is 9.59 Å². The van der Waals surface area contributed by atoms with Crippen molar-refractivity contribution < 1.29 is 4.79 Å². The van der Waals surface area contributed by atoms with Crippen LogP contribution in [-0.2, 0) is 0 Å². The number of aromatic nitrogens is 2. The van der Waals surface area contributed by atoms with Gasteiger partial charge in [-0.3, -0.25) is 4.79 Å². The minimum absolute atomic E-state index is 0.111. The average molecular weight is 244 g/mol. The Kier molecular flexibility index (Phi) is 4.57. The quantitative estimate of drug-likeness (QED) is 0.771. The molecule has 15 heavy (non-hydrogen) atoms. The molecule has 0 spiro atoms. The van der Waals surface area contributed by atoms with Crippen molar-refractivity contribution in [3.63, 3.8) is 0 Å². The van der Waals surface area contributed by atoms with Gasteiger partial charge in [0, 0.05) is 6.54 Å². The van der Waals surface area contributed by atoms with Gasteiger partial charge < -0.3 is 10.6 Å². The Bertz CT molecular complexity index is 338. The summed E-state index contributed by atoms with van der Waals surface area (Å²) in [5.74, 6) is -0.111. The summed E-state index contributed by atoms with van der Waals surface area (Å²) in [6.07, 6.45) is 2.32. The van der Waals surface area contributed by atoms with Crippen molar-refractivity contribution in [2.45, 2.75) is 13.3 Å². The summed E-state index contributed by atoms with van der Waals surface area (Å²) >= 11 is 5.87. The fraction of sp³-hybridized carbons (Fsp3) is 0.500. The van der Waals surface area contributed by atoms with Crippen LogP contribution in [-0.4, -0.2) is 38.5 Å². The van der Waals surface area contributed by atoms with Gasteiger partial charge in [0.05, 0.1) is 17.7 Å². The zero-order chi connectivity index (χ0) is 11.3. The summed E-state index contributed by atoms with van der Waals surface area (Å²) in [6, 6.07) is 0. The van der Waals surface area contributed by atoms with E-state index in [9.17, 15) is 4.79 Å². The molecule has 1 rings (SSSR count). The molecule has 1 aromatic heterocycles. The number of rotatable bonds is 5. The summed E-state index contributed by atoms with van der Waals surface area (Å²) in [7, 11) is 0. The topological polar surface area (TPSA) is 72.1 Å². The molecule has 0 aliphatic heterocycles. The van der Waals surface area contributed by atoms with Crippen molar-refractivity contribution in [3.05, 3.63) is 11.1 Å². The fourth-order valence-electron chi connectivity index (χ4n) is 1.13. The lowest BCUT2D eigenvalue weighted by Gasteiger charge is -2.19. The minimum atomic E-state index is -0.111. The van der Waals surface area contributed by atoms with Crippen LogP contribution in [0.3, 0.4) is 0 Å². The summed E-state index contributed by atoms with van der Waals surface area (Å²) in [4.78, 5) is 14.3. The molecule has 0 aliphatic carbocycles. The van der Waals surface area contributed by atoms with Crippen LogP contribution in [0.5, 0.6) is 0 Å². The maximum absolute atomic E-state index is 11.9. The fourth-order valence-corrected chi connectivity index (χ4v) is 1.77. The van der Waals surface area contributed by atoms with Gasteiger partial charge in [0.25, 0.3) is 5.91 Å². The van der Waals surface area contributed by atoms with Crippen LogP contribution in [0, 0.1) is 0 Å². The third-order valence-corrected chi connectivity index (χ3v) is 2.48. The van der Waals surface area contributed by atoms with Crippen molar-refractivity contribution >= 4 is 34.6 Å². The molecule has 1 aromatic rings. The Morgan fingerprint density at radius 2 is 2.47 bits per heavy atom. The second kappa shape index (κ2) is 5.72. The first-order valence-electron chi connectivity index (χ1n) is 4.50. The van der Waals surface area contributed by atoms with Crippen LogP contribution < -0.4 is 5.73 Å². The average Bonchev–Trinajstić information content (AvgIpc) is 2.68. The molecule has 0 saturated heterocycles. The summed E-state index contributed by atoms with van der Waals surface area (Å²) in [6.45, 7) is 2.93. The van der Waals surface area contributed by atoms with Gasteiger partial charge in [0.15, 0.2) is 0 Å². The highest BCUT2D eigenvalue weighted by Gasteiger charge is 2.17. The first kappa shape index (κ1) is 12.0. The highest BCUT2D eigenvalue weighted by molar-refractivity contribution is 7.80. The SMILES string of the molecule is CCCN(CC(N)=S)C(=O)c1cnns1. The second-order valence-electron chi connectivity index (χ2n) is 2.97. The number of carbonyl (C=O) groups is 1. The van der Waals surface area contributed by atoms with E-state index in [1.54, 1.807) is 4.90 Å². The molecule has 0 aliphatic rings. The lowest BCUT2D eigenvalue weighted by Crippen LogP contribution is -2.37. The zero-order valence-electron chi connectivity index (χ0n) is 8.34. The predicted molar refractivity (Wildman–Crippen MR) is 62.9 cm³/mol. The summed E-state index contributed by atoms with van der Waals surface area (Å²) in [5.41, 5.74) is 5.42. The van der Waals surface area contributed by atoms with Gasteiger partial charge in [-0.15, -0.1) is 5.10 Å². The van der Waals surface area contributed by atoms with Crippen LogP contribution in [0.4, 0.5) is 0 Å². The van der Waals surface area contributed by atoms with Crippen molar-refractivity contribution in [3.8, 4) is 0 Å². The first-order valence-corrected chi connectivity index (χ1v) is 5.68. The maximum Gasteiger partial charge on any atom is 0.267 e. The van der Waals surface area contributed by atoms with Gasteiger partial charge in [-0.1, -0.05) is 23.6 Å². The number of carbonyl (C=O) groups excluding carboxylic acids is 1. The van der Waals surface area contributed by atoms with Gasteiger partial charge >= 0.3 is 0 Å². The lowest BCUT2D eigenvalue weighted by atomic mass is 10.3. The van der Waals surface area contributed by atoms with Crippen molar-refractivity contribution in [2.75, 3.05) is 13.1 Å². The Labute approximate surface area is 97.4 Å². The third-order valence-electron chi connectivity index (χ3n) is 1.70. The first-order chi connectivity index (χ1) is 7.15. The standard InChI is InChI=1S/C8H12N4OS2/c1-2-3-12(5-7(9)14)8(13)6-4-10-11-15-6/h4H,2-3,5H2,1H3,(H2,9,14). The summed E-state index contributed by atoms with van der Waals surface area (Å²) in [5, 5.41) is 3.62. The Hall–Kier alpha value is -1.08. The molecule has 0 aromatic carbocycles. The largest absolute Gasteiger partial charge is 0.392 e. The van der Waals surface area contributed by atoms with E-state index in [0.29, 0.717) is 23.0 Å². The van der Waals surface area contributed by atoms with Gasteiger partial charge in [-0.25, -0.2) is 0 Å². The Morgan fingerprint density at radius 1 is 1.73 bits per heavy atom. The van der Waals surface area contributed by atoms with E-state index >= 15 is 0 Å². The molecule has 0 saturated carbocycles. The third kappa shape index (κ3) is 3.52. The number of amides is 1. The van der Waals surface area contributed by atoms with Gasteiger partial charge in [0.2, 0.25) is 0 Å². The van der Waals surface area contributed by atoms with Gasteiger partial charge in [-0.2, -0.15) is 0 Å². The normalized spacial score (nSPS) is 9.93. The molecule has 0 radical (unpaired) electrons. The number of nitrogens with two attached hydrogens (primary N) is 1. The van der Waals surface area contributed by atoms with Crippen molar-refractivity contribution in [1.29, 1.82) is 0 Å². The summed E-state index contributed by atoms with van der Waals surface area (Å²) < 4.78 is 3.64. The predicted octanol–water partition coefficient (Wildman–Crippen LogP) is 0.676. The molecule has 0 atom stereocenters. The van der Waals surface area contributed by atoms with E-state index in [1.165, 1.54) is 6.20 Å². The maximum atomic E-state index is 11.9. The minimum Gasteiger partial charge on any atom is -0.392 e. The van der Waals surface area contributed by atoms with E-state index in [0.717, 1.165) is 18.0 Å². The molecule has 7 heteroatoms. The highest BCUT2D eigenvalue weighted by atomic mass is 32.1. The van der Waals surface area contributed by atoms with E-state index in [1.807, 2.05) is 6.92 Å². The molecule has 0 unspecified atom stereocenters. The van der Waals surface area contributed by atoms with Crippen LogP contribution >= 0.6 is 23.8 Å². The van der Waals surface area contributed by atoms with Crippen LogP contribution in [0.25, 0.3) is 0 Å². The number of thiocarbonyl (C=S) groups is 1. The molecule has 1 amide bonds. The molecular weight excluding hydrogens is 232 g/mol. The number of hydrogen-bond acceptors (Lipinski definition) is 5. The molecular formula is C8H12N4OS2. The van der Waals surface area contributed by atoms with Crippen LogP contribution in [0.15, 0.2) is 6.20 Å². The highest BCUT2D eigenvalue weighted by Crippen LogP contribution is 2.07. The Morgan fingerprint density at radius 3 is 2.93 bits per heavy atom. The van der Waals surface area contributed by atoms with Gasteiger partial charge in [-0.05, 0) is 18.0 Å². The molecule has 0 fully saturated rings. The van der Waals surface area contributed by atoms with E-state index < -0.39 is 0 Å². The van der Waals surface area contributed by atoms with Crippen LogP contribution in [0.1, 0.15) is 23.0 Å². The van der Waals surface area contributed by atoms with Crippen molar-refractivity contribution in [2.24, 2.45) is 5.73 Å². The molecule has 0 bridgehead atoms. The zero-order valence-corrected chi connectivity index (χ0v) is 9.98. The molecule has 5 nitrogen and oxygen atoms in total. The second-order valence-corrected chi connectivity index (χ2v) is 4.28. The smallest absolute Gasteiger partial charge is 0.267 e. The lowest BCUT2D eigenvalue weighted by molar-refractivity contribution is 0.0784. The molecule has 2 N–H and O–H groups in total. The Balaban J connectivity index is 2.71. The monoisotopic (exact) mass is 244 g/mol. The molecule has 1 heterocycles. The molecule has 82 valence electrons. The van der Waals surface area contributed by atoms with E-state index in [4.69, 9.17) is 18.0 Å². The van der Waals surface area contributed by atoms with Crippen molar-refractivity contribution in [1.82, 2.24) is 14.5 Å². The van der Waals surface area contributed by atoms with Crippen LogP contribution in [0.2, 0.25) is 0 Å². The van der Waals surface area contributed by atoms with Gasteiger partial charge in [0.1, 0.15) is 4.88 Å². The number of hydrogen-bond donors (Lipinski definition) is 1. The van der Waals surface area contributed by atoms with E-state index in [-0.39, 0.29) is 5.91 Å². The number of nitrogens with zero attached hydrogens (tertiary/aromatic N) is 3.